The molecule has 0 amide bonds. The Morgan fingerprint density at radius 2 is 1.68 bits per heavy atom. The number of halogens is 3. The highest BCUT2D eigenvalue weighted by Gasteiger charge is 2.38. The fraction of sp³-hybridized carbons (Fsp3) is 0.333. The van der Waals surface area contributed by atoms with Gasteiger partial charge in [-0.1, -0.05) is 50.2 Å². The van der Waals surface area contributed by atoms with E-state index in [1.54, 1.807) is 14.1 Å². The number of nitrogens with zero attached hydrogens (tertiary/aromatic N) is 4. The molecule has 0 fully saturated rings. The van der Waals surface area contributed by atoms with Crippen molar-refractivity contribution in [2.24, 2.45) is 0 Å². The molecule has 7 heteroatoms. The van der Waals surface area contributed by atoms with E-state index in [2.05, 4.69) is 10.1 Å². The van der Waals surface area contributed by atoms with Crippen molar-refractivity contribution < 1.29 is 13.2 Å². The standard InChI is InChI=1S/C21H23F3N4/c1-13(2)16-11-14(3)17(15-9-7-6-8-10-15)12-18(16)28-20(27(4)5)25-19(26-28)21(22,23)24/h6-13H,1-5H3. The lowest BCUT2D eigenvalue weighted by molar-refractivity contribution is -0.144. The Balaban J connectivity index is 2.30. The summed E-state index contributed by atoms with van der Waals surface area (Å²) in [6.07, 6.45) is -4.61. The van der Waals surface area contributed by atoms with Crippen LogP contribution < -0.4 is 4.90 Å². The molecular weight excluding hydrogens is 365 g/mol. The third-order valence-corrected chi connectivity index (χ3v) is 4.55. The maximum absolute atomic E-state index is 13.3. The van der Waals surface area contributed by atoms with Crippen LogP contribution in [0.3, 0.4) is 0 Å². The van der Waals surface area contributed by atoms with Gasteiger partial charge >= 0.3 is 6.18 Å². The van der Waals surface area contributed by atoms with Crippen LogP contribution in [-0.2, 0) is 6.18 Å². The molecule has 0 aliphatic carbocycles. The first-order valence-corrected chi connectivity index (χ1v) is 9.01. The summed E-state index contributed by atoms with van der Waals surface area (Å²) >= 11 is 0. The summed E-state index contributed by atoms with van der Waals surface area (Å²) in [6.45, 7) is 6.03. The zero-order valence-corrected chi connectivity index (χ0v) is 16.5. The molecule has 0 saturated heterocycles. The fourth-order valence-electron chi connectivity index (χ4n) is 3.17. The smallest absolute Gasteiger partial charge is 0.347 e. The Bertz CT molecular complexity index is 973. The normalized spacial score (nSPS) is 11.9. The first-order valence-electron chi connectivity index (χ1n) is 9.01. The molecule has 0 radical (unpaired) electrons. The van der Waals surface area contributed by atoms with Crippen molar-refractivity contribution in [3.63, 3.8) is 0 Å². The largest absolute Gasteiger partial charge is 0.453 e. The quantitative estimate of drug-likeness (QED) is 0.596. The third kappa shape index (κ3) is 3.74. The molecule has 4 nitrogen and oxygen atoms in total. The van der Waals surface area contributed by atoms with E-state index in [0.29, 0.717) is 5.69 Å². The number of benzene rings is 2. The molecule has 2 aromatic carbocycles. The minimum absolute atomic E-state index is 0.104. The van der Waals surface area contributed by atoms with Crippen LogP contribution in [0.25, 0.3) is 16.8 Å². The van der Waals surface area contributed by atoms with Crippen LogP contribution in [0, 0.1) is 6.92 Å². The van der Waals surface area contributed by atoms with Gasteiger partial charge in [0.15, 0.2) is 0 Å². The van der Waals surface area contributed by atoms with E-state index in [4.69, 9.17) is 0 Å². The molecule has 0 saturated carbocycles. The SMILES string of the molecule is Cc1cc(C(C)C)c(-n2nc(C(F)(F)F)nc2N(C)C)cc1-c1ccccc1. The number of aryl methyl sites for hydroxylation is 1. The summed E-state index contributed by atoms with van der Waals surface area (Å²) in [5, 5.41) is 3.82. The number of aromatic nitrogens is 3. The molecule has 0 N–H and O–H groups in total. The van der Waals surface area contributed by atoms with E-state index in [0.717, 1.165) is 22.3 Å². The van der Waals surface area contributed by atoms with Gasteiger partial charge in [-0.15, -0.1) is 5.10 Å². The van der Waals surface area contributed by atoms with Gasteiger partial charge in [0.25, 0.3) is 5.82 Å². The van der Waals surface area contributed by atoms with Gasteiger partial charge in [-0.05, 0) is 41.2 Å². The third-order valence-electron chi connectivity index (χ3n) is 4.55. The molecule has 0 atom stereocenters. The first kappa shape index (κ1) is 19.9. The van der Waals surface area contributed by atoms with E-state index in [-0.39, 0.29) is 11.9 Å². The first-order chi connectivity index (χ1) is 13.1. The average Bonchev–Trinajstić information content (AvgIpc) is 3.08. The van der Waals surface area contributed by atoms with E-state index in [1.165, 1.54) is 9.58 Å². The molecule has 0 aliphatic rings. The number of hydrogen-bond acceptors (Lipinski definition) is 3. The van der Waals surface area contributed by atoms with Gasteiger partial charge in [0.05, 0.1) is 5.69 Å². The molecule has 0 bridgehead atoms. The van der Waals surface area contributed by atoms with Gasteiger partial charge in [-0.2, -0.15) is 22.8 Å². The molecule has 1 heterocycles. The highest BCUT2D eigenvalue weighted by atomic mass is 19.4. The molecule has 0 unspecified atom stereocenters. The fourth-order valence-corrected chi connectivity index (χ4v) is 3.17. The summed E-state index contributed by atoms with van der Waals surface area (Å²) in [7, 11) is 3.31. The van der Waals surface area contributed by atoms with Crippen LogP contribution in [0.1, 0.15) is 36.7 Å². The monoisotopic (exact) mass is 388 g/mol. The maximum Gasteiger partial charge on any atom is 0.453 e. The summed E-state index contributed by atoms with van der Waals surface area (Å²) in [6, 6.07) is 13.7. The van der Waals surface area contributed by atoms with Gasteiger partial charge in [0.2, 0.25) is 5.95 Å². The van der Waals surface area contributed by atoms with Gasteiger partial charge in [0.1, 0.15) is 0 Å². The van der Waals surface area contributed by atoms with Crippen molar-refractivity contribution in [1.29, 1.82) is 0 Å². The second-order valence-corrected chi connectivity index (χ2v) is 7.29. The molecule has 1 aromatic heterocycles. The van der Waals surface area contributed by atoms with Crippen molar-refractivity contribution in [3.05, 3.63) is 59.4 Å². The summed E-state index contributed by atoms with van der Waals surface area (Å²) in [4.78, 5) is 5.27. The predicted octanol–water partition coefficient (Wildman–Crippen LogP) is 5.45. The highest BCUT2D eigenvalue weighted by molar-refractivity contribution is 5.71. The minimum atomic E-state index is -4.61. The molecule has 148 valence electrons. The van der Waals surface area contributed by atoms with Crippen LogP contribution in [0.2, 0.25) is 0 Å². The average molecular weight is 388 g/mol. The van der Waals surface area contributed by atoms with Crippen LogP contribution in [0.5, 0.6) is 0 Å². The second kappa shape index (κ2) is 7.30. The summed E-state index contributed by atoms with van der Waals surface area (Å²) < 4.78 is 41.1. The zero-order valence-electron chi connectivity index (χ0n) is 16.5. The van der Waals surface area contributed by atoms with Crippen LogP contribution >= 0.6 is 0 Å². The molecule has 0 aliphatic heterocycles. The van der Waals surface area contributed by atoms with E-state index < -0.39 is 12.0 Å². The van der Waals surface area contributed by atoms with E-state index in [1.807, 2.05) is 63.2 Å². The van der Waals surface area contributed by atoms with E-state index in [9.17, 15) is 13.2 Å². The minimum Gasteiger partial charge on any atom is -0.347 e. The number of rotatable bonds is 4. The zero-order chi connectivity index (χ0) is 20.6. The Labute approximate surface area is 162 Å². The molecular formula is C21H23F3N4. The summed E-state index contributed by atoms with van der Waals surface area (Å²) in [5.74, 6) is -0.906. The Hall–Kier alpha value is -2.83. The predicted molar refractivity (Wildman–Crippen MR) is 105 cm³/mol. The number of alkyl halides is 3. The Morgan fingerprint density at radius 1 is 1.04 bits per heavy atom. The number of hydrogen-bond donors (Lipinski definition) is 0. The van der Waals surface area contributed by atoms with Crippen molar-refractivity contribution in [1.82, 2.24) is 14.8 Å². The van der Waals surface area contributed by atoms with Crippen molar-refractivity contribution >= 4 is 5.95 Å². The van der Waals surface area contributed by atoms with Crippen LogP contribution in [-0.4, -0.2) is 28.9 Å². The van der Waals surface area contributed by atoms with Crippen LogP contribution in [0.15, 0.2) is 42.5 Å². The van der Waals surface area contributed by atoms with Gasteiger partial charge in [-0.3, -0.25) is 0 Å². The van der Waals surface area contributed by atoms with Gasteiger partial charge < -0.3 is 4.90 Å². The Kier molecular flexibility index (Phi) is 5.19. The van der Waals surface area contributed by atoms with E-state index >= 15 is 0 Å². The maximum atomic E-state index is 13.3. The topological polar surface area (TPSA) is 34.0 Å². The van der Waals surface area contributed by atoms with Crippen molar-refractivity contribution in [2.45, 2.75) is 32.9 Å². The number of anilines is 1. The van der Waals surface area contributed by atoms with Crippen molar-refractivity contribution in [3.8, 4) is 16.8 Å². The van der Waals surface area contributed by atoms with Gasteiger partial charge in [0, 0.05) is 14.1 Å². The second-order valence-electron chi connectivity index (χ2n) is 7.29. The molecule has 0 spiro atoms. The lowest BCUT2D eigenvalue weighted by Crippen LogP contribution is -2.16. The Morgan fingerprint density at radius 3 is 2.21 bits per heavy atom. The molecule has 28 heavy (non-hydrogen) atoms. The van der Waals surface area contributed by atoms with Crippen LogP contribution in [0.4, 0.5) is 19.1 Å². The lowest BCUT2D eigenvalue weighted by atomic mass is 9.92. The lowest BCUT2D eigenvalue weighted by Gasteiger charge is -2.20. The molecule has 3 aromatic rings. The van der Waals surface area contributed by atoms with Crippen molar-refractivity contribution in [2.75, 3.05) is 19.0 Å². The van der Waals surface area contributed by atoms with Gasteiger partial charge in [-0.25, -0.2) is 0 Å². The molecule has 3 rings (SSSR count). The highest BCUT2D eigenvalue weighted by Crippen LogP contribution is 2.35. The summed E-state index contributed by atoms with van der Waals surface area (Å²) in [5.41, 5.74) is 4.53.